The minimum Gasteiger partial charge on any atom is -0.459 e. The van der Waals surface area contributed by atoms with Gasteiger partial charge < -0.3 is 4.74 Å². The van der Waals surface area contributed by atoms with Crippen LogP contribution in [0.5, 0.6) is 0 Å². The van der Waals surface area contributed by atoms with Crippen LogP contribution in [0.15, 0.2) is 0 Å². The molecule has 0 N–H and O–H groups in total. The lowest BCUT2D eigenvalue weighted by Gasteiger charge is -2.36. The fourth-order valence-corrected chi connectivity index (χ4v) is 2.40. The molecule has 0 aliphatic heterocycles. The SMILES string of the molecule is CCCCC1(OC(C)=O)CCCCC1. The molecule has 0 spiro atoms. The van der Waals surface area contributed by atoms with Gasteiger partial charge in [-0.25, -0.2) is 0 Å². The molecule has 1 fully saturated rings. The van der Waals surface area contributed by atoms with Gasteiger partial charge in [-0.3, -0.25) is 4.79 Å². The van der Waals surface area contributed by atoms with Crippen molar-refractivity contribution in [2.45, 2.75) is 70.8 Å². The number of ether oxygens (including phenoxy) is 1. The Labute approximate surface area is 87.0 Å². The smallest absolute Gasteiger partial charge is 0.303 e. The fourth-order valence-electron chi connectivity index (χ4n) is 2.40. The average molecular weight is 198 g/mol. The van der Waals surface area contributed by atoms with E-state index in [2.05, 4.69) is 6.92 Å². The Morgan fingerprint density at radius 1 is 1.29 bits per heavy atom. The first-order valence-corrected chi connectivity index (χ1v) is 5.88. The molecule has 0 bridgehead atoms. The third-order valence-corrected chi connectivity index (χ3v) is 3.11. The molecule has 1 aliphatic carbocycles. The molecule has 0 heterocycles. The van der Waals surface area contributed by atoms with Gasteiger partial charge in [0.25, 0.3) is 0 Å². The summed E-state index contributed by atoms with van der Waals surface area (Å²) < 4.78 is 5.54. The van der Waals surface area contributed by atoms with Gasteiger partial charge in [0.2, 0.25) is 0 Å². The van der Waals surface area contributed by atoms with Crippen LogP contribution in [0, 0.1) is 0 Å². The maximum Gasteiger partial charge on any atom is 0.303 e. The van der Waals surface area contributed by atoms with Gasteiger partial charge >= 0.3 is 5.97 Å². The second-order valence-corrected chi connectivity index (χ2v) is 4.44. The predicted octanol–water partition coefficient (Wildman–Crippen LogP) is 3.44. The molecule has 0 aromatic heterocycles. The largest absolute Gasteiger partial charge is 0.459 e. The first kappa shape index (κ1) is 11.5. The zero-order valence-corrected chi connectivity index (χ0v) is 9.47. The van der Waals surface area contributed by atoms with Gasteiger partial charge in [0, 0.05) is 6.92 Å². The monoisotopic (exact) mass is 198 g/mol. The van der Waals surface area contributed by atoms with Crippen molar-refractivity contribution in [1.82, 2.24) is 0 Å². The highest BCUT2D eigenvalue weighted by molar-refractivity contribution is 5.66. The van der Waals surface area contributed by atoms with Gasteiger partial charge in [-0.1, -0.05) is 19.8 Å². The van der Waals surface area contributed by atoms with Crippen LogP contribution in [0.4, 0.5) is 0 Å². The summed E-state index contributed by atoms with van der Waals surface area (Å²) in [5, 5.41) is 0. The highest BCUT2D eigenvalue weighted by atomic mass is 16.6. The van der Waals surface area contributed by atoms with Crippen LogP contribution in [0.1, 0.15) is 65.2 Å². The number of unbranched alkanes of at least 4 members (excludes halogenated alkanes) is 1. The lowest BCUT2D eigenvalue weighted by atomic mass is 9.81. The van der Waals surface area contributed by atoms with E-state index in [1.807, 2.05) is 0 Å². The summed E-state index contributed by atoms with van der Waals surface area (Å²) in [7, 11) is 0. The quantitative estimate of drug-likeness (QED) is 0.647. The van der Waals surface area contributed by atoms with Gasteiger partial charge in [0.05, 0.1) is 0 Å². The lowest BCUT2D eigenvalue weighted by molar-refractivity contribution is -0.161. The molecule has 82 valence electrons. The number of carbonyl (C=O) groups excluding carboxylic acids is 1. The molecule has 0 aromatic carbocycles. The van der Waals surface area contributed by atoms with Crippen LogP contribution in [0.3, 0.4) is 0 Å². The van der Waals surface area contributed by atoms with Crippen molar-refractivity contribution in [3.05, 3.63) is 0 Å². The van der Waals surface area contributed by atoms with Crippen LogP contribution < -0.4 is 0 Å². The van der Waals surface area contributed by atoms with E-state index >= 15 is 0 Å². The minimum atomic E-state index is -0.108. The van der Waals surface area contributed by atoms with Crippen LogP contribution >= 0.6 is 0 Å². The Morgan fingerprint density at radius 2 is 1.93 bits per heavy atom. The number of esters is 1. The molecule has 0 unspecified atom stereocenters. The Bertz CT molecular complexity index is 181. The van der Waals surface area contributed by atoms with E-state index in [4.69, 9.17) is 4.74 Å². The van der Waals surface area contributed by atoms with E-state index in [0.29, 0.717) is 0 Å². The molecule has 14 heavy (non-hydrogen) atoms. The summed E-state index contributed by atoms with van der Waals surface area (Å²) in [5.41, 5.74) is -0.0971. The first-order valence-electron chi connectivity index (χ1n) is 5.88. The maximum atomic E-state index is 11.1. The molecule has 2 nitrogen and oxygen atoms in total. The summed E-state index contributed by atoms with van der Waals surface area (Å²) >= 11 is 0. The van der Waals surface area contributed by atoms with E-state index in [9.17, 15) is 4.79 Å². The van der Waals surface area contributed by atoms with Crippen molar-refractivity contribution in [2.24, 2.45) is 0 Å². The number of hydrogen-bond donors (Lipinski definition) is 0. The van der Waals surface area contributed by atoms with Gasteiger partial charge in [0.1, 0.15) is 5.60 Å². The third kappa shape index (κ3) is 3.32. The van der Waals surface area contributed by atoms with Crippen LogP contribution in [0.2, 0.25) is 0 Å². The van der Waals surface area contributed by atoms with Crippen molar-refractivity contribution in [3.63, 3.8) is 0 Å². The van der Waals surface area contributed by atoms with Gasteiger partial charge in [-0.2, -0.15) is 0 Å². The van der Waals surface area contributed by atoms with E-state index < -0.39 is 0 Å². The normalized spacial score (nSPS) is 20.4. The molecule has 0 radical (unpaired) electrons. The molecule has 0 amide bonds. The summed E-state index contributed by atoms with van der Waals surface area (Å²) in [6.07, 6.45) is 9.31. The standard InChI is InChI=1S/C12H22O2/c1-3-4-8-12(14-11(2)13)9-6-5-7-10-12/h3-10H2,1-2H3. The molecule has 0 atom stereocenters. The lowest BCUT2D eigenvalue weighted by Crippen LogP contribution is -2.36. The van der Waals surface area contributed by atoms with Crippen molar-refractivity contribution in [1.29, 1.82) is 0 Å². The van der Waals surface area contributed by atoms with Crippen LogP contribution in [-0.4, -0.2) is 11.6 Å². The average Bonchev–Trinajstić information content (AvgIpc) is 2.15. The topological polar surface area (TPSA) is 26.3 Å². The third-order valence-electron chi connectivity index (χ3n) is 3.11. The first-order chi connectivity index (χ1) is 6.68. The molecule has 0 aromatic rings. The van der Waals surface area contributed by atoms with Crippen molar-refractivity contribution < 1.29 is 9.53 Å². The van der Waals surface area contributed by atoms with Crippen molar-refractivity contribution in [2.75, 3.05) is 0 Å². The predicted molar refractivity (Wildman–Crippen MR) is 57.1 cm³/mol. The molecule has 1 rings (SSSR count). The second kappa shape index (κ2) is 5.38. The van der Waals surface area contributed by atoms with E-state index in [0.717, 1.165) is 19.3 Å². The number of hydrogen-bond acceptors (Lipinski definition) is 2. The molecule has 2 heteroatoms. The summed E-state index contributed by atoms with van der Waals surface area (Å²) in [6.45, 7) is 3.71. The number of rotatable bonds is 4. The zero-order valence-electron chi connectivity index (χ0n) is 9.47. The molecular formula is C12H22O2. The fraction of sp³-hybridized carbons (Fsp3) is 0.917. The molecule has 1 aliphatic rings. The Balaban J connectivity index is 2.52. The molecular weight excluding hydrogens is 176 g/mol. The number of carbonyl (C=O) groups is 1. The Morgan fingerprint density at radius 3 is 2.43 bits per heavy atom. The van der Waals surface area contributed by atoms with Crippen LogP contribution in [-0.2, 0) is 9.53 Å². The van der Waals surface area contributed by atoms with Gasteiger partial charge in [0.15, 0.2) is 0 Å². The minimum absolute atomic E-state index is 0.0971. The highest BCUT2D eigenvalue weighted by Crippen LogP contribution is 2.35. The second-order valence-electron chi connectivity index (χ2n) is 4.44. The summed E-state index contributed by atoms with van der Waals surface area (Å²) in [5.74, 6) is -0.108. The van der Waals surface area contributed by atoms with E-state index in [-0.39, 0.29) is 11.6 Å². The van der Waals surface area contributed by atoms with Crippen molar-refractivity contribution >= 4 is 5.97 Å². The molecule has 0 saturated heterocycles. The van der Waals surface area contributed by atoms with Gasteiger partial charge in [-0.05, 0) is 38.5 Å². The Hall–Kier alpha value is -0.530. The summed E-state index contributed by atoms with van der Waals surface area (Å²) in [4.78, 5) is 11.1. The van der Waals surface area contributed by atoms with E-state index in [1.165, 1.54) is 39.0 Å². The van der Waals surface area contributed by atoms with Gasteiger partial charge in [-0.15, -0.1) is 0 Å². The van der Waals surface area contributed by atoms with E-state index in [1.54, 1.807) is 0 Å². The van der Waals surface area contributed by atoms with Crippen LogP contribution in [0.25, 0.3) is 0 Å². The zero-order chi connectivity index (χ0) is 10.4. The highest BCUT2D eigenvalue weighted by Gasteiger charge is 2.34. The van der Waals surface area contributed by atoms with Crippen molar-refractivity contribution in [3.8, 4) is 0 Å². The molecule has 1 saturated carbocycles. The maximum absolute atomic E-state index is 11.1. The Kier molecular flexibility index (Phi) is 4.43. The summed E-state index contributed by atoms with van der Waals surface area (Å²) in [6, 6.07) is 0.